The van der Waals surface area contributed by atoms with Crippen molar-refractivity contribution in [3.8, 4) is 0 Å². The van der Waals surface area contributed by atoms with Gasteiger partial charge in [0.15, 0.2) is 0 Å². The quantitative estimate of drug-likeness (QED) is 0.374. The first kappa shape index (κ1) is 16.2. The Labute approximate surface area is 68.1 Å². The molecule has 0 rings (SSSR count). The molecule has 4 N–H and O–H groups in total. The monoisotopic (exact) mass is 249 g/mol. The SMILES string of the molecule is CC(=O)O.O[As](O)O.[Cu]. The Morgan fingerprint density at radius 3 is 1.33 bits per heavy atom. The molecular formula is C2H7AsCuO5. The van der Waals surface area contributed by atoms with Crippen LogP contribution in [-0.4, -0.2) is 39.0 Å². The fourth-order valence-electron chi connectivity index (χ4n) is 0. The molecule has 0 amide bonds. The molecule has 0 aromatic rings. The van der Waals surface area contributed by atoms with Crippen LogP contribution in [0.15, 0.2) is 0 Å². The van der Waals surface area contributed by atoms with Crippen molar-refractivity contribution >= 4 is 21.6 Å². The minimum atomic E-state index is -3.19. The predicted molar refractivity (Wildman–Crippen MR) is 25.7 cm³/mol. The second-order valence-electron chi connectivity index (χ2n) is 0.787. The van der Waals surface area contributed by atoms with E-state index in [1.807, 2.05) is 0 Å². The summed E-state index contributed by atoms with van der Waals surface area (Å²) < 4.78 is 21.9. The van der Waals surface area contributed by atoms with Gasteiger partial charge in [-0.25, -0.2) is 0 Å². The molecule has 0 bridgehead atoms. The smallest absolute Gasteiger partial charge is 0 e. The third-order valence-corrected chi connectivity index (χ3v) is 0. The van der Waals surface area contributed by atoms with Crippen LogP contribution >= 0.6 is 0 Å². The third kappa shape index (κ3) is 1900. The number of carboxylic acids is 1. The van der Waals surface area contributed by atoms with E-state index in [4.69, 9.17) is 22.2 Å². The van der Waals surface area contributed by atoms with E-state index in [2.05, 4.69) is 0 Å². The molecule has 7 heteroatoms. The van der Waals surface area contributed by atoms with Gasteiger partial charge in [0.2, 0.25) is 0 Å². The maximum absolute atomic E-state index is 9.00. The largest absolute Gasteiger partial charge is 0 e. The van der Waals surface area contributed by atoms with Crippen LogP contribution in [0.25, 0.3) is 0 Å². The van der Waals surface area contributed by atoms with E-state index >= 15 is 0 Å². The second-order valence-corrected chi connectivity index (χ2v) is 1.91. The normalized spacial score (nSPS) is 6.78. The first-order valence-electron chi connectivity index (χ1n) is 1.53. The van der Waals surface area contributed by atoms with Crippen LogP contribution in [0.2, 0.25) is 0 Å². The number of aliphatic carboxylic acids is 1. The summed E-state index contributed by atoms with van der Waals surface area (Å²) in [4.78, 5) is 9.00. The third-order valence-electron chi connectivity index (χ3n) is 0. The van der Waals surface area contributed by atoms with Crippen LogP contribution in [0.4, 0.5) is 0 Å². The second kappa shape index (κ2) is 11.3. The Kier molecular flexibility index (Phi) is 20.3. The van der Waals surface area contributed by atoms with Crippen LogP contribution in [0, 0.1) is 0 Å². The first-order chi connectivity index (χ1) is 3.46. The Balaban J connectivity index is -0.0000000720. The van der Waals surface area contributed by atoms with Gasteiger partial charge >= 0.3 is 28.0 Å². The van der Waals surface area contributed by atoms with Crippen molar-refractivity contribution in [3.05, 3.63) is 0 Å². The standard InChI is InChI=1S/C2H4O2.AsH3O3.Cu/c1-2(3)4;2-1(3)4;/h1H3,(H,3,4);2-4H;. The molecule has 0 fully saturated rings. The van der Waals surface area contributed by atoms with Gasteiger partial charge in [-0.1, -0.05) is 0 Å². The fourth-order valence-corrected chi connectivity index (χ4v) is 0. The van der Waals surface area contributed by atoms with Gasteiger partial charge in [-0.05, 0) is 0 Å². The van der Waals surface area contributed by atoms with Crippen LogP contribution in [0.1, 0.15) is 6.92 Å². The van der Waals surface area contributed by atoms with Crippen molar-refractivity contribution in [1.82, 2.24) is 0 Å². The van der Waals surface area contributed by atoms with Crippen LogP contribution < -0.4 is 0 Å². The summed E-state index contributed by atoms with van der Waals surface area (Å²) in [6.07, 6.45) is 0. The average molecular weight is 250 g/mol. The van der Waals surface area contributed by atoms with E-state index in [1.54, 1.807) is 0 Å². The molecule has 9 heavy (non-hydrogen) atoms. The molecule has 0 aromatic carbocycles. The molecule has 0 saturated carbocycles. The summed E-state index contributed by atoms with van der Waals surface area (Å²) in [6.45, 7) is 1.08. The van der Waals surface area contributed by atoms with Crippen molar-refractivity contribution in [2.75, 3.05) is 0 Å². The topological polar surface area (TPSA) is 98.0 Å². The molecule has 0 aliphatic heterocycles. The molecule has 0 spiro atoms. The minimum absolute atomic E-state index is 0. The van der Waals surface area contributed by atoms with Gasteiger partial charge in [-0.2, -0.15) is 0 Å². The number of carboxylic acid groups (broad SMARTS) is 1. The zero-order chi connectivity index (χ0) is 7.15. The molecule has 0 aromatic heterocycles. The fraction of sp³-hybridized carbons (Fsp3) is 0.500. The summed E-state index contributed by atoms with van der Waals surface area (Å²) in [5.74, 6) is -0.833. The summed E-state index contributed by atoms with van der Waals surface area (Å²) in [5, 5.41) is 7.42. The molecule has 5 nitrogen and oxygen atoms in total. The molecule has 0 saturated heterocycles. The predicted octanol–water partition coefficient (Wildman–Crippen LogP) is -1.96. The number of carbonyl (C=O) groups is 1. The minimum Gasteiger partial charge on any atom is 0 e. The van der Waals surface area contributed by atoms with E-state index in [1.165, 1.54) is 0 Å². The van der Waals surface area contributed by atoms with Crippen LogP contribution in [0.5, 0.6) is 0 Å². The Morgan fingerprint density at radius 2 is 1.33 bits per heavy atom. The molecule has 0 aliphatic rings. The van der Waals surface area contributed by atoms with Gasteiger partial charge in [-0.3, -0.25) is 4.79 Å². The Morgan fingerprint density at radius 1 is 1.33 bits per heavy atom. The summed E-state index contributed by atoms with van der Waals surface area (Å²) in [5.41, 5.74) is 0. The van der Waals surface area contributed by atoms with Crippen molar-refractivity contribution in [1.29, 1.82) is 0 Å². The molecule has 0 atom stereocenters. The van der Waals surface area contributed by atoms with E-state index in [-0.39, 0.29) is 17.1 Å². The van der Waals surface area contributed by atoms with Crippen LogP contribution in [-0.2, 0) is 21.9 Å². The summed E-state index contributed by atoms with van der Waals surface area (Å²) in [7, 11) is 0. The molecule has 1 radical (unpaired) electrons. The number of hydrogen-bond donors (Lipinski definition) is 4. The zero-order valence-electron chi connectivity index (χ0n) is 4.45. The average Bonchev–Trinajstić information content (AvgIpc) is 1.25. The zero-order valence-corrected chi connectivity index (χ0v) is 7.26. The maximum atomic E-state index is 9.00. The van der Waals surface area contributed by atoms with Crippen molar-refractivity contribution in [2.24, 2.45) is 0 Å². The van der Waals surface area contributed by atoms with Gasteiger partial charge in [0.05, 0.1) is 0 Å². The molecular weight excluding hydrogens is 242 g/mol. The molecule has 0 aliphatic carbocycles. The molecule has 61 valence electrons. The van der Waals surface area contributed by atoms with E-state index in [0.29, 0.717) is 0 Å². The van der Waals surface area contributed by atoms with E-state index in [0.717, 1.165) is 6.92 Å². The molecule has 0 heterocycles. The number of hydrogen-bond acceptors (Lipinski definition) is 4. The van der Waals surface area contributed by atoms with Gasteiger partial charge in [0.1, 0.15) is 0 Å². The first-order valence-corrected chi connectivity index (χ1v) is 4.05. The van der Waals surface area contributed by atoms with E-state index < -0.39 is 21.6 Å². The summed E-state index contributed by atoms with van der Waals surface area (Å²) in [6, 6.07) is 0. The van der Waals surface area contributed by atoms with Crippen molar-refractivity contribution < 1.29 is 39.3 Å². The van der Waals surface area contributed by atoms with Gasteiger partial charge in [-0.15, -0.1) is 0 Å². The van der Waals surface area contributed by atoms with Crippen LogP contribution in [0.3, 0.4) is 0 Å². The Hall–Kier alpha value is 0.428. The summed E-state index contributed by atoms with van der Waals surface area (Å²) >= 11 is -3.19. The van der Waals surface area contributed by atoms with Gasteiger partial charge in [0, 0.05) is 24.0 Å². The molecule has 0 unspecified atom stereocenters. The van der Waals surface area contributed by atoms with Gasteiger partial charge < -0.3 is 5.11 Å². The van der Waals surface area contributed by atoms with E-state index in [9.17, 15) is 0 Å². The Bertz CT molecular complexity index is 59.2. The van der Waals surface area contributed by atoms with Crippen molar-refractivity contribution in [2.45, 2.75) is 6.92 Å². The number of rotatable bonds is 0. The maximum Gasteiger partial charge on any atom is 0 e. The van der Waals surface area contributed by atoms with Gasteiger partial charge in [0.25, 0.3) is 5.97 Å². The van der Waals surface area contributed by atoms with Crippen molar-refractivity contribution in [3.63, 3.8) is 0 Å².